The van der Waals surface area contributed by atoms with Crippen LogP contribution in [0, 0.1) is 6.92 Å². The molecule has 0 spiro atoms. The van der Waals surface area contributed by atoms with Gasteiger partial charge in [0.15, 0.2) is 0 Å². The first kappa shape index (κ1) is 12.7. The second kappa shape index (κ2) is 5.11. The molecule has 0 aromatic heterocycles. The van der Waals surface area contributed by atoms with Crippen molar-refractivity contribution >= 4 is 23.5 Å². The van der Waals surface area contributed by atoms with Gasteiger partial charge in [0.05, 0.1) is 5.56 Å². The van der Waals surface area contributed by atoms with Crippen molar-refractivity contribution in [1.82, 2.24) is 0 Å². The molecule has 3 N–H and O–H groups in total. The second-order valence-corrected chi connectivity index (χ2v) is 3.45. The SMILES string of the molecule is Cc1ccc(C(=O)O)cc1NC(=O)CC(=O)O. The molecular weight excluding hydrogens is 226 g/mol. The zero-order valence-corrected chi connectivity index (χ0v) is 9.06. The molecule has 0 unspecified atom stereocenters. The van der Waals surface area contributed by atoms with Crippen LogP contribution in [0.3, 0.4) is 0 Å². The minimum atomic E-state index is -1.24. The summed E-state index contributed by atoms with van der Waals surface area (Å²) in [5, 5.41) is 19.5. The summed E-state index contributed by atoms with van der Waals surface area (Å²) in [4.78, 5) is 32.2. The van der Waals surface area contributed by atoms with Crippen molar-refractivity contribution in [1.29, 1.82) is 0 Å². The van der Waals surface area contributed by atoms with E-state index >= 15 is 0 Å². The molecule has 0 aliphatic heterocycles. The molecule has 1 aromatic carbocycles. The Bertz CT molecular complexity index is 481. The van der Waals surface area contributed by atoms with Crippen molar-refractivity contribution in [3.8, 4) is 0 Å². The highest BCUT2D eigenvalue weighted by Gasteiger charge is 2.11. The van der Waals surface area contributed by atoms with Crippen LogP contribution >= 0.6 is 0 Å². The molecule has 90 valence electrons. The normalized spacial score (nSPS) is 9.71. The van der Waals surface area contributed by atoms with Crippen molar-refractivity contribution in [2.45, 2.75) is 13.3 Å². The fourth-order valence-electron chi connectivity index (χ4n) is 1.22. The molecule has 6 heteroatoms. The van der Waals surface area contributed by atoms with Crippen LogP contribution in [0.5, 0.6) is 0 Å². The van der Waals surface area contributed by atoms with Gasteiger partial charge in [-0.15, -0.1) is 0 Å². The first-order valence-electron chi connectivity index (χ1n) is 4.75. The minimum absolute atomic E-state index is 0.0289. The first-order valence-corrected chi connectivity index (χ1v) is 4.75. The van der Waals surface area contributed by atoms with E-state index in [2.05, 4.69) is 5.32 Å². The lowest BCUT2D eigenvalue weighted by atomic mass is 10.1. The van der Waals surface area contributed by atoms with E-state index in [0.29, 0.717) is 11.3 Å². The van der Waals surface area contributed by atoms with Crippen LogP contribution in [0.15, 0.2) is 18.2 Å². The number of aryl methyl sites for hydroxylation is 1. The van der Waals surface area contributed by atoms with Gasteiger partial charge in [-0.25, -0.2) is 4.79 Å². The van der Waals surface area contributed by atoms with E-state index < -0.39 is 24.3 Å². The highest BCUT2D eigenvalue weighted by molar-refractivity contribution is 6.02. The zero-order valence-electron chi connectivity index (χ0n) is 9.06. The van der Waals surface area contributed by atoms with Gasteiger partial charge < -0.3 is 15.5 Å². The average molecular weight is 237 g/mol. The number of aromatic carboxylic acids is 1. The van der Waals surface area contributed by atoms with Gasteiger partial charge in [0, 0.05) is 5.69 Å². The Labute approximate surface area is 96.9 Å². The number of carbonyl (C=O) groups excluding carboxylic acids is 1. The third-order valence-corrected chi connectivity index (χ3v) is 2.07. The third-order valence-electron chi connectivity index (χ3n) is 2.07. The van der Waals surface area contributed by atoms with Crippen LogP contribution in [-0.2, 0) is 9.59 Å². The van der Waals surface area contributed by atoms with Gasteiger partial charge in [-0.05, 0) is 24.6 Å². The summed E-state index contributed by atoms with van der Waals surface area (Å²) in [5.41, 5.74) is 0.992. The van der Waals surface area contributed by atoms with Gasteiger partial charge >= 0.3 is 11.9 Å². The number of benzene rings is 1. The lowest BCUT2D eigenvalue weighted by molar-refractivity contribution is -0.139. The molecule has 6 nitrogen and oxygen atoms in total. The molecule has 0 aliphatic carbocycles. The fraction of sp³-hybridized carbons (Fsp3) is 0.182. The predicted molar refractivity (Wildman–Crippen MR) is 59.0 cm³/mol. The van der Waals surface area contributed by atoms with Crippen LogP contribution in [-0.4, -0.2) is 28.1 Å². The largest absolute Gasteiger partial charge is 0.481 e. The Morgan fingerprint density at radius 3 is 2.41 bits per heavy atom. The van der Waals surface area contributed by atoms with Crippen molar-refractivity contribution in [2.24, 2.45) is 0 Å². The molecule has 0 heterocycles. The quantitative estimate of drug-likeness (QED) is 0.680. The van der Waals surface area contributed by atoms with E-state index in [0.717, 1.165) is 0 Å². The van der Waals surface area contributed by atoms with Gasteiger partial charge in [0.1, 0.15) is 6.42 Å². The van der Waals surface area contributed by atoms with E-state index in [1.165, 1.54) is 12.1 Å². The van der Waals surface area contributed by atoms with Gasteiger partial charge in [0.2, 0.25) is 5.91 Å². The van der Waals surface area contributed by atoms with Crippen LogP contribution in [0.25, 0.3) is 0 Å². The number of hydrogen-bond acceptors (Lipinski definition) is 3. The van der Waals surface area contributed by atoms with Crippen LogP contribution in [0.1, 0.15) is 22.3 Å². The number of aliphatic carboxylic acids is 1. The van der Waals surface area contributed by atoms with Crippen molar-refractivity contribution in [2.75, 3.05) is 5.32 Å². The molecule has 0 bridgehead atoms. The summed E-state index contributed by atoms with van der Waals surface area (Å²) >= 11 is 0. The Balaban J connectivity index is 2.90. The van der Waals surface area contributed by atoms with Crippen LogP contribution < -0.4 is 5.32 Å². The van der Waals surface area contributed by atoms with Crippen molar-refractivity contribution in [3.05, 3.63) is 29.3 Å². The predicted octanol–water partition coefficient (Wildman–Crippen LogP) is 1.11. The maximum atomic E-state index is 11.2. The van der Waals surface area contributed by atoms with Gasteiger partial charge in [-0.1, -0.05) is 6.07 Å². The molecule has 1 rings (SSSR count). The summed E-state index contributed by atoms with van der Waals surface area (Å²) in [5.74, 6) is -3.04. The van der Waals surface area contributed by atoms with Crippen LogP contribution in [0.2, 0.25) is 0 Å². The van der Waals surface area contributed by atoms with Crippen molar-refractivity contribution in [3.63, 3.8) is 0 Å². The van der Waals surface area contributed by atoms with Gasteiger partial charge in [-0.3, -0.25) is 9.59 Å². The van der Waals surface area contributed by atoms with E-state index in [1.54, 1.807) is 13.0 Å². The molecule has 1 amide bonds. The summed E-state index contributed by atoms with van der Waals surface area (Å²) in [7, 11) is 0. The molecule has 0 aliphatic rings. The van der Waals surface area contributed by atoms with E-state index in [9.17, 15) is 14.4 Å². The highest BCUT2D eigenvalue weighted by atomic mass is 16.4. The smallest absolute Gasteiger partial charge is 0.335 e. The number of nitrogens with one attached hydrogen (secondary N) is 1. The Morgan fingerprint density at radius 2 is 1.88 bits per heavy atom. The van der Waals surface area contributed by atoms with E-state index in [-0.39, 0.29) is 5.56 Å². The maximum absolute atomic E-state index is 11.2. The third kappa shape index (κ3) is 3.60. The Hall–Kier alpha value is -2.37. The maximum Gasteiger partial charge on any atom is 0.335 e. The number of carboxylic acids is 2. The molecule has 17 heavy (non-hydrogen) atoms. The molecule has 0 fully saturated rings. The Kier molecular flexibility index (Phi) is 3.82. The number of anilines is 1. The highest BCUT2D eigenvalue weighted by Crippen LogP contribution is 2.17. The number of hydrogen-bond donors (Lipinski definition) is 3. The lowest BCUT2D eigenvalue weighted by Gasteiger charge is -2.08. The van der Waals surface area contributed by atoms with E-state index in [1.807, 2.05) is 0 Å². The van der Waals surface area contributed by atoms with Gasteiger partial charge in [0.25, 0.3) is 0 Å². The summed E-state index contributed by atoms with van der Waals surface area (Å²) in [6.45, 7) is 1.68. The number of rotatable bonds is 4. The summed E-state index contributed by atoms with van der Waals surface area (Å²) < 4.78 is 0. The monoisotopic (exact) mass is 237 g/mol. The fourth-order valence-corrected chi connectivity index (χ4v) is 1.22. The number of carboxylic acid groups (broad SMARTS) is 2. The summed E-state index contributed by atoms with van der Waals surface area (Å²) in [6, 6.07) is 4.24. The molecule has 1 aromatic rings. The Morgan fingerprint density at radius 1 is 1.24 bits per heavy atom. The van der Waals surface area contributed by atoms with Crippen molar-refractivity contribution < 1.29 is 24.6 Å². The summed E-state index contributed by atoms with van der Waals surface area (Å²) in [6.07, 6.45) is -0.656. The molecule has 0 radical (unpaired) electrons. The van der Waals surface area contributed by atoms with Gasteiger partial charge in [-0.2, -0.15) is 0 Å². The van der Waals surface area contributed by atoms with Crippen LogP contribution in [0.4, 0.5) is 5.69 Å². The molecule has 0 saturated carbocycles. The standard InChI is InChI=1S/C11H11NO5/c1-6-2-3-7(11(16)17)4-8(6)12-9(13)5-10(14)15/h2-4H,5H2,1H3,(H,12,13)(H,14,15)(H,16,17). The van der Waals surface area contributed by atoms with E-state index in [4.69, 9.17) is 10.2 Å². The number of amides is 1. The molecule has 0 atom stereocenters. The lowest BCUT2D eigenvalue weighted by Crippen LogP contribution is -2.16. The zero-order chi connectivity index (χ0) is 13.0. The molecule has 0 saturated heterocycles. The minimum Gasteiger partial charge on any atom is -0.481 e. The first-order chi connectivity index (χ1) is 7.90. The topological polar surface area (TPSA) is 104 Å². The average Bonchev–Trinajstić information content (AvgIpc) is 2.19. The number of carbonyl (C=O) groups is 3. The second-order valence-electron chi connectivity index (χ2n) is 3.45. The molecular formula is C11H11NO5.